The smallest absolute Gasteiger partial charge is 0.183 e. The molecule has 0 atom stereocenters. The van der Waals surface area contributed by atoms with Crippen LogP contribution in [-0.4, -0.2) is 19.6 Å². The Bertz CT molecular complexity index is 690. The van der Waals surface area contributed by atoms with E-state index >= 15 is 0 Å². The fraction of sp³-hybridized carbons (Fsp3) is 0.0833. The standard InChI is InChI=1S/C12H9FN4/c1-8-2-3-17-11(4-8)15-12(16-17)9-5-10(13)7-14-6-9/h2-7H,1H3. The van der Waals surface area contributed by atoms with Gasteiger partial charge in [-0.15, -0.1) is 5.10 Å². The highest BCUT2D eigenvalue weighted by atomic mass is 19.1. The Morgan fingerprint density at radius 3 is 2.94 bits per heavy atom. The highest BCUT2D eigenvalue weighted by Crippen LogP contribution is 2.16. The van der Waals surface area contributed by atoms with Gasteiger partial charge in [0.1, 0.15) is 5.82 Å². The summed E-state index contributed by atoms with van der Waals surface area (Å²) in [6.45, 7) is 1.98. The normalized spacial score (nSPS) is 10.9. The third kappa shape index (κ3) is 1.75. The van der Waals surface area contributed by atoms with Gasteiger partial charge in [0, 0.05) is 18.0 Å². The number of hydrogen-bond donors (Lipinski definition) is 0. The molecule has 0 saturated carbocycles. The molecular formula is C12H9FN4. The molecule has 3 rings (SSSR count). The Kier molecular flexibility index (Phi) is 2.11. The summed E-state index contributed by atoms with van der Waals surface area (Å²) in [5.41, 5.74) is 2.42. The monoisotopic (exact) mass is 228 g/mol. The maximum absolute atomic E-state index is 13.0. The van der Waals surface area contributed by atoms with Gasteiger partial charge in [0.25, 0.3) is 0 Å². The van der Waals surface area contributed by atoms with Gasteiger partial charge in [0.05, 0.1) is 6.20 Å². The molecule has 3 heterocycles. The van der Waals surface area contributed by atoms with Crippen LogP contribution in [0.4, 0.5) is 4.39 Å². The summed E-state index contributed by atoms with van der Waals surface area (Å²) in [5, 5.41) is 4.26. The lowest BCUT2D eigenvalue weighted by molar-refractivity contribution is 0.622. The maximum atomic E-state index is 13.0. The largest absolute Gasteiger partial charge is 0.261 e. The molecule has 0 spiro atoms. The first kappa shape index (κ1) is 9.89. The number of hydrogen-bond acceptors (Lipinski definition) is 3. The first-order valence-electron chi connectivity index (χ1n) is 5.16. The van der Waals surface area contributed by atoms with E-state index in [0.717, 1.165) is 17.4 Å². The van der Waals surface area contributed by atoms with Crippen molar-refractivity contribution >= 4 is 5.65 Å². The fourth-order valence-corrected chi connectivity index (χ4v) is 1.64. The predicted molar refractivity (Wildman–Crippen MR) is 60.9 cm³/mol. The van der Waals surface area contributed by atoms with E-state index in [4.69, 9.17) is 0 Å². The minimum atomic E-state index is -0.391. The highest BCUT2D eigenvalue weighted by molar-refractivity contribution is 5.57. The summed E-state index contributed by atoms with van der Waals surface area (Å²) >= 11 is 0. The Hall–Kier alpha value is -2.30. The molecule has 0 aliphatic carbocycles. The number of aryl methyl sites for hydroxylation is 1. The van der Waals surface area contributed by atoms with E-state index in [9.17, 15) is 4.39 Å². The zero-order chi connectivity index (χ0) is 11.8. The Balaban J connectivity index is 2.18. The molecule has 17 heavy (non-hydrogen) atoms. The van der Waals surface area contributed by atoms with Gasteiger partial charge in [0.15, 0.2) is 11.5 Å². The van der Waals surface area contributed by atoms with Crippen molar-refractivity contribution in [2.24, 2.45) is 0 Å². The fourth-order valence-electron chi connectivity index (χ4n) is 1.64. The summed E-state index contributed by atoms with van der Waals surface area (Å²) in [5.74, 6) is 0.0835. The van der Waals surface area contributed by atoms with Crippen LogP contribution in [0.5, 0.6) is 0 Å². The van der Waals surface area contributed by atoms with E-state index in [1.165, 1.54) is 6.07 Å². The summed E-state index contributed by atoms with van der Waals surface area (Å²) < 4.78 is 14.7. The van der Waals surface area contributed by atoms with Gasteiger partial charge in [-0.05, 0) is 30.7 Å². The first-order valence-corrected chi connectivity index (χ1v) is 5.16. The molecule has 3 aromatic heterocycles. The minimum absolute atomic E-state index is 0.391. The van der Waals surface area contributed by atoms with Crippen molar-refractivity contribution in [2.75, 3.05) is 0 Å². The number of fused-ring (bicyclic) bond motifs is 1. The second-order valence-corrected chi connectivity index (χ2v) is 3.83. The molecule has 0 fully saturated rings. The molecule has 0 N–H and O–H groups in total. The van der Waals surface area contributed by atoms with Crippen molar-refractivity contribution in [3.05, 3.63) is 48.2 Å². The number of aromatic nitrogens is 4. The molecule has 3 aromatic rings. The molecule has 0 amide bonds. The quantitative estimate of drug-likeness (QED) is 0.641. The number of halogens is 1. The Labute approximate surface area is 96.8 Å². The SMILES string of the molecule is Cc1ccn2nc(-c3cncc(F)c3)nc2c1. The molecule has 0 unspecified atom stereocenters. The molecule has 0 saturated heterocycles. The molecule has 0 aromatic carbocycles. The summed E-state index contributed by atoms with van der Waals surface area (Å²) in [7, 11) is 0. The lowest BCUT2D eigenvalue weighted by Crippen LogP contribution is -1.87. The van der Waals surface area contributed by atoms with Crippen LogP contribution < -0.4 is 0 Å². The van der Waals surface area contributed by atoms with Gasteiger partial charge in [-0.3, -0.25) is 4.98 Å². The summed E-state index contributed by atoms with van der Waals surface area (Å²) in [6.07, 6.45) is 4.53. The Morgan fingerprint density at radius 2 is 2.12 bits per heavy atom. The second kappa shape index (κ2) is 3.62. The van der Waals surface area contributed by atoms with Gasteiger partial charge in [-0.2, -0.15) is 0 Å². The van der Waals surface area contributed by atoms with Crippen LogP contribution in [0, 0.1) is 12.7 Å². The van der Waals surface area contributed by atoms with Crippen molar-refractivity contribution in [2.45, 2.75) is 6.92 Å². The second-order valence-electron chi connectivity index (χ2n) is 3.83. The maximum Gasteiger partial charge on any atom is 0.183 e. The van der Waals surface area contributed by atoms with E-state index < -0.39 is 5.82 Å². The van der Waals surface area contributed by atoms with Crippen molar-refractivity contribution < 1.29 is 4.39 Å². The molecule has 5 heteroatoms. The predicted octanol–water partition coefficient (Wildman–Crippen LogP) is 2.24. The van der Waals surface area contributed by atoms with Gasteiger partial charge >= 0.3 is 0 Å². The average molecular weight is 228 g/mol. The minimum Gasteiger partial charge on any atom is -0.261 e. The Morgan fingerprint density at radius 1 is 1.24 bits per heavy atom. The van der Waals surface area contributed by atoms with E-state index in [1.807, 2.05) is 25.3 Å². The van der Waals surface area contributed by atoms with Crippen molar-refractivity contribution in [1.82, 2.24) is 19.6 Å². The van der Waals surface area contributed by atoms with Crippen molar-refractivity contribution in [1.29, 1.82) is 0 Å². The lowest BCUT2D eigenvalue weighted by Gasteiger charge is -1.92. The molecular weight excluding hydrogens is 219 g/mol. The van der Waals surface area contributed by atoms with Gasteiger partial charge < -0.3 is 0 Å². The van der Waals surface area contributed by atoms with Crippen LogP contribution in [0.1, 0.15) is 5.56 Å². The van der Waals surface area contributed by atoms with Crippen LogP contribution in [0.2, 0.25) is 0 Å². The average Bonchev–Trinajstić information content (AvgIpc) is 2.72. The first-order chi connectivity index (χ1) is 8.22. The van der Waals surface area contributed by atoms with E-state index in [1.54, 1.807) is 10.7 Å². The third-order valence-electron chi connectivity index (χ3n) is 2.46. The van der Waals surface area contributed by atoms with E-state index in [0.29, 0.717) is 11.4 Å². The van der Waals surface area contributed by atoms with Crippen LogP contribution in [0.3, 0.4) is 0 Å². The summed E-state index contributed by atoms with van der Waals surface area (Å²) in [6, 6.07) is 5.23. The number of pyridine rings is 2. The number of rotatable bonds is 1. The van der Waals surface area contributed by atoms with Gasteiger partial charge in [0.2, 0.25) is 0 Å². The zero-order valence-corrected chi connectivity index (χ0v) is 9.13. The van der Waals surface area contributed by atoms with Crippen LogP contribution in [0.15, 0.2) is 36.8 Å². The molecule has 0 bridgehead atoms. The van der Waals surface area contributed by atoms with Crippen molar-refractivity contribution in [3.8, 4) is 11.4 Å². The van der Waals surface area contributed by atoms with E-state index in [-0.39, 0.29) is 0 Å². The van der Waals surface area contributed by atoms with Crippen LogP contribution in [-0.2, 0) is 0 Å². The molecule has 0 radical (unpaired) electrons. The molecule has 0 aliphatic heterocycles. The van der Waals surface area contributed by atoms with Crippen LogP contribution >= 0.6 is 0 Å². The topological polar surface area (TPSA) is 43.1 Å². The molecule has 0 aliphatic rings. The zero-order valence-electron chi connectivity index (χ0n) is 9.13. The molecule has 84 valence electrons. The lowest BCUT2D eigenvalue weighted by atomic mass is 10.3. The van der Waals surface area contributed by atoms with Gasteiger partial charge in [-0.25, -0.2) is 13.9 Å². The highest BCUT2D eigenvalue weighted by Gasteiger charge is 2.07. The number of nitrogens with zero attached hydrogens (tertiary/aromatic N) is 4. The van der Waals surface area contributed by atoms with Crippen molar-refractivity contribution in [3.63, 3.8) is 0 Å². The van der Waals surface area contributed by atoms with Crippen LogP contribution in [0.25, 0.3) is 17.0 Å². The van der Waals surface area contributed by atoms with E-state index in [2.05, 4.69) is 15.1 Å². The van der Waals surface area contributed by atoms with Gasteiger partial charge in [-0.1, -0.05) is 0 Å². The summed E-state index contributed by atoms with van der Waals surface area (Å²) in [4.78, 5) is 8.11. The molecule has 4 nitrogen and oxygen atoms in total. The third-order valence-corrected chi connectivity index (χ3v) is 2.46.